The fraction of sp³-hybridized carbons (Fsp3) is 0.333. The zero-order valence-corrected chi connectivity index (χ0v) is 16.8. The van der Waals surface area contributed by atoms with Gasteiger partial charge >= 0.3 is 6.03 Å². The molecule has 1 fully saturated rings. The summed E-state index contributed by atoms with van der Waals surface area (Å²) in [6.45, 7) is 3.43. The molecule has 0 saturated carbocycles. The molecule has 1 aliphatic rings. The highest BCUT2D eigenvalue weighted by atomic mass is 32.2. The lowest BCUT2D eigenvalue weighted by Crippen LogP contribution is -2.35. The standard InChI is InChI=1S/C21H22F2N4OS/c1-2-26-16-10-5-3-8-14(16)24-19(26)17-11-7-13-27(17)21(28)25-15-9-4-6-12-18(15)29-20(22)23/h3-6,8-10,12,17,20H,2,7,11,13H2,1H3,(H,25,28). The number of nitrogens with one attached hydrogen (secondary N) is 1. The third kappa shape index (κ3) is 3.94. The van der Waals surface area contributed by atoms with Crippen LogP contribution in [0.25, 0.3) is 11.0 Å². The molecule has 1 aliphatic heterocycles. The van der Waals surface area contributed by atoms with Crippen molar-refractivity contribution in [2.75, 3.05) is 11.9 Å². The molecule has 0 aliphatic carbocycles. The molecule has 0 spiro atoms. The second-order valence-corrected chi connectivity index (χ2v) is 7.89. The van der Waals surface area contributed by atoms with Crippen molar-refractivity contribution in [2.45, 2.75) is 43.0 Å². The Hall–Kier alpha value is -2.61. The summed E-state index contributed by atoms with van der Waals surface area (Å²) >= 11 is 0.433. The number of hydrogen-bond donors (Lipinski definition) is 1. The van der Waals surface area contributed by atoms with Crippen molar-refractivity contribution < 1.29 is 13.6 Å². The van der Waals surface area contributed by atoms with Gasteiger partial charge in [0.2, 0.25) is 0 Å². The average molecular weight is 416 g/mol. The molecule has 2 heterocycles. The van der Waals surface area contributed by atoms with Crippen LogP contribution in [0.4, 0.5) is 19.3 Å². The van der Waals surface area contributed by atoms with Crippen LogP contribution in [0.2, 0.25) is 0 Å². The zero-order chi connectivity index (χ0) is 20.4. The zero-order valence-electron chi connectivity index (χ0n) is 16.0. The summed E-state index contributed by atoms with van der Waals surface area (Å²) in [5.41, 5.74) is 2.36. The molecule has 1 N–H and O–H groups in total. The highest BCUT2D eigenvalue weighted by molar-refractivity contribution is 7.99. The third-order valence-electron chi connectivity index (χ3n) is 5.16. The first-order chi connectivity index (χ1) is 14.1. The number of halogens is 2. The second-order valence-electron chi connectivity index (χ2n) is 6.86. The topological polar surface area (TPSA) is 50.2 Å². The van der Waals surface area contributed by atoms with Crippen LogP contribution in [0, 0.1) is 0 Å². The Kier molecular flexibility index (Phi) is 5.71. The fourth-order valence-electron chi connectivity index (χ4n) is 3.91. The molecule has 0 radical (unpaired) electrons. The van der Waals surface area contributed by atoms with Gasteiger partial charge in [-0.05, 0) is 44.0 Å². The minimum Gasteiger partial charge on any atom is -0.327 e. The number of thioether (sulfide) groups is 1. The predicted molar refractivity (Wildman–Crippen MR) is 111 cm³/mol. The molecule has 1 aromatic heterocycles. The van der Waals surface area contributed by atoms with Crippen molar-refractivity contribution >= 4 is 34.5 Å². The van der Waals surface area contributed by atoms with Crippen LogP contribution >= 0.6 is 11.8 Å². The minimum atomic E-state index is -2.54. The van der Waals surface area contributed by atoms with Crippen molar-refractivity contribution in [2.24, 2.45) is 0 Å². The fourth-order valence-corrected chi connectivity index (χ4v) is 4.51. The maximum atomic E-state index is 13.0. The van der Waals surface area contributed by atoms with E-state index < -0.39 is 5.76 Å². The van der Waals surface area contributed by atoms with Crippen LogP contribution in [0.1, 0.15) is 31.6 Å². The van der Waals surface area contributed by atoms with Gasteiger partial charge in [-0.25, -0.2) is 9.78 Å². The van der Waals surface area contributed by atoms with Gasteiger partial charge in [-0.15, -0.1) is 0 Å². The SMILES string of the molecule is CCn1c(C2CCCN2C(=O)Nc2ccccc2SC(F)F)nc2ccccc21. The first-order valence-corrected chi connectivity index (χ1v) is 10.5. The molecular formula is C21H22F2N4OS. The van der Waals surface area contributed by atoms with Gasteiger partial charge in [-0.3, -0.25) is 0 Å². The van der Waals surface area contributed by atoms with Crippen LogP contribution in [0.3, 0.4) is 0 Å². The molecule has 0 bridgehead atoms. The van der Waals surface area contributed by atoms with E-state index in [0.717, 1.165) is 36.2 Å². The van der Waals surface area contributed by atoms with Gasteiger partial charge in [0.25, 0.3) is 5.76 Å². The number of carbonyl (C=O) groups is 1. The highest BCUT2D eigenvalue weighted by Crippen LogP contribution is 2.35. The number of anilines is 1. The first kappa shape index (κ1) is 19.7. The van der Waals surface area contributed by atoms with Crippen LogP contribution < -0.4 is 5.32 Å². The van der Waals surface area contributed by atoms with Crippen LogP contribution in [0.15, 0.2) is 53.4 Å². The van der Waals surface area contributed by atoms with Crippen molar-refractivity contribution in [1.82, 2.24) is 14.5 Å². The third-order valence-corrected chi connectivity index (χ3v) is 5.94. The number of imidazole rings is 1. The van der Waals surface area contributed by atoms with E-state index in [0.29, 0.717) is 28.9 Å². The Morgan fingerprint density at radius 2 is 2.00 bits per heavy atom. The molecule has 1 saturated heterocycles. The van der Waals surface area contributed by atoms with Crippen molar-refractivity contribution in [3.05, 3.63) is 54.4 Å². The van der Waals surface area contributed by atoms with Gasteiger partial charge in [0, 0.05) is 18.0 Å². The van der Waals surface area contributed by atoms with E-state index in [1.807, 2.05) is 24.3 Å². The maximum Gasteiger partial charge on any atom is 0.322 e. The average Bonchev–Trinajstić information content (AvgIpc) is 3.33. The Bertz CT molecular complexity index is 1020. The van der Waals surface area contributed by atoms with Crippen LogP contribution in [0.5, 0.6) is 0 Å². The van der Waals surface area contributed by atoms with Gasteiger partial charge in [0.05, 0.1) is 22.8 Å². The van der Waals surface area contributed by atoms with Crippen LogP contribution in [-0.4, -0.2) is 32.8 Å². The number of para-hydroxylation sites is 3. The Morgan fingerprint density at radius 3 is 2.79 bits per heavy atom. The van der Waals surface area contributed by atoms with Crippen molar-refractivity contribution in [1.29, 1.82) is 0 Å². The molecule has 1 unspecified atom stereocenters. The number of nitrogens with zero attached hydrogens (tertiary/aromatic N) is 3. The molecule has 29 heavy (non-hydrogen) atoms. The number of aryl methyl sites for hydroxylation is 1. The monoisotopic (exact) mass is 416 g/mol. The molecule has 1 atom stereocenters. The second kappa shape index (κ2) is 8.41. The maximum absolute atomic E-state index is 13.0. The van der Waals surface area contributed by atoms with E-state index in [1.54, 1.807) is 29.2 Å². The number of urea groups is 1. The summed E-state index contributed by atoms with van der Waals surface area (Å²) in [7, 11) is 0. The predicted octanol–water partition coefficient (Wildman–Crippen LogP) is 5.74. The summed E-state index contributed by atoms with van der Waals surface area (Å²) in [4.78, 5) is 19.9. The van der Waals surface area contributed by atoms with E-state index in [1.165, 1.54) is 0 Å². The number of benzene rings is 2. The van der Waals surface area contributed by atoms with Gasteiger partial charge in [-0.2, -0.15) is 8.78 Å². The summed E-state index contributed by atoms with van der Waals surface area (Å²) < 4.78 is 27.8. The van der Waals surface area contributed by atoms with Gasteiger partial charge in [0.15, 0.2) is 0 Å². The van der Waals surface area contributed by atoms with E-state index >= 15 is 0 Å². The van der Waals surface area contributed by atoms with Crippen molar-refractivity contribution in [3.63, 3.8) is 0 Å². The van der Waals surface area contributed by atoms with Crippen LogP contribution in [-0.2, 0) is 6.54 Å². The van der Waals surface area contributed by atoms with E-state index in [4.69, 9.17) is 4.98 Å². The van der Waals surface area contributed by atoms with E-state index in [-0.39, 0.29) is 12.1 Å². The Balaban J connectivity index is 1.60. The number of fused-ring (bicyclic) bond motifs is 1. The quantitative estimate of drug-likeness (QED) is 0.540. The summed E-state index contributed by atoms with van der Waals surface area (Å²) in [6, 6.07) is 14.2. The number of amides is 2. The number of carbonyl (C=O) groups excluding carboxylic acids is 1. The highest BCUT2D eigenvalue weighted by Gasteiger charge is 2.34. The lowest BCUT2D eigenvalue weighted by molar-refractivity contribution is 0.204. The lowest BCUT2D eigenvalue weighted by Gasteiger charge is -2.25. The molecule has 2 amide bonds. The minimum absolute atomic E-state index is 0.141. The number of likely N-dealkylation sites (tertiary alicyclic amines) is 1. The smallest absolute Gasteiger partial charge is 0.322 e. The number of rotatable bonds is 5. The molecule has 2 aromatic carbocycles. The normalized spacial score (nSPS) is 16.7. The summed E-state index contributed by atoms with van der Waals surface area (Å²) in [6.07, 6.45) is 1.70. The molecule has 152 valence electrons. The van der Waals surface area contributed by atoms with Gasteiger partial charge in [0.1, 0.15) is 5.82 Å². The number of alkyl halides is 2. The Morgan fingerprint density at radius 1 is 1.24 bits per heavy atom. The largest absolute Gasteiger partial charge is 0.327 e. The first-order valence-electron chi connectivity index (χ1n) is 9.65. The van der Waals surface area contributed by atoms with Gasteiger partial charge in [-0.1, -0.05) is 36.0 Å². The molecule has 8 heteroatoms. The van der Waals surface area contributed by atoms with E-state index in [9.17, 15) is 13.6 Å². The number of aromatic nitrogens is 2. The summed E-state index contributed by atoms with van der Waals surface area (Å²) in [5.74, 6) is -1.67. The van der Waals surface area contributed by atoms with Gasteiger partial charge < -0.3 is 14.8 Å². The molecular weight excluding hydrogens is 394 g/mol. The summed E-state index contributed by atoms with van der Waals surface area (Å²) in [5, 5.41) is 2.82. The molecule has 3 aromatic rings. The van der Waals surface area contributed by atoms with E-state index in [2.05, 4.69) is 16.8 Å². The van der Waals surface area contributed by atoms with Crippen molar-refractivity contribution in [3.8, 4) is 0 Å². The molecule has 5 nitrogen and oxygen atoms in total. The number of hydrogen-bond acceptors (Lipinski definition) is 3. The Labute approximate surface area is 172 Å². The lowest BCUT2D eigenvalue weighted by atomic mass is 10.2. The molecule has 4 rings (SSSR count).